The second-order valence-electron chi connectivity index (χ2n) is 5.47. The number of hydrogen-bond acceptors (Lipinski definition) is 8. The van der Waals surface area contributed by atoms with E-state index in [1.807, 2.05) is 42.6 Å². The molecule has 0 aliphatic heterocycles. The summed E-state index contributed by atoms with van der Waals surface area (Å²) in [6.07, 6.45) is 0. The number of fused-ring (bicyclic) bond motifs is 1. The third-order valence-electron chi connectivity index (χ3n) is 3.62. The van der Waals surface area contributed by atoms with Crippen LogP contribution >= 0.6 is 34.4 Å². The number of ketones is 1. The molecule has 26 heavy (non-hydrogen) atoms. The minimum absolute atomic E-state index is 0.0445. The minimum Gasteiger partial charge on any atom is -0.292 e. The van der Waals surface area contributed by atoms with E-state index in [9.17, 15) is 9.59 Å². The van der Waals surface area contributed by atoms with Gasteiger partial charge in [0.2, 0.25) is 4.96 Å². The number of benzene rings is 1. The quantitative estimate of drug-likeness (QED) is 0.377. The smallest absolute Gasteiger partial charge is 0.292 e. The molecule has 0 saturated heterocycles. The number of carbonyl (C=O) groups is 1. The summed E-state index contributed by atoms with van der Waals surface area (Å²) in [5.74, 6) is 0.316. The maximum Gasteiger partial charge on any atom is 0.302 e. The summed E-state index contributed by atoms with van der Waals surface area (Å²) in [4.78, 5) is 25.9. The number of rotatable bonds is 5. The summed E-state index contributed by atoms with van der Waals surface area (Å²) in [5.41, 5.74) is 1.76. The van der Waals surface area contributed by atoms with E-state index in [0.29, 0.717) is 14.9 Å². The van der Waals surface area contributed by atoms with Crippen molar-refractivity contribution in [1.29, 1.82) is 0 Å². The molecule has 4 aromatic rings. The van der Waals surface area contributed by atoms with Crippen LogP contribution in [0, 0.1) is 6.92 Å². The predicted molar refractivity (Wildman–Crippen MR) is 104 cm³/mol. The first kappa shape index (κ1) is 17.1. The Hall–Kier alpha value is -2.36. The van der Waals surface area contributed by atoms with Crippen molar-refractivity contribution in [2.24, 2.45) is 0 Å². The maximum atomic E-state index is 12.7. The van der Waals surface area contributed by atoms with Crippen LogP contribution < -0.4 is 5.56 Å². The third kappa shape index (κ3) is 3.33. The maximum absolute atomic E-state index is 12.7. The van der Waals surface area contributed by atoms with Gasteiger partial charge in [0.05, 0.1) is 10.6 Å². The number of aromatic nitrogens is 4. The van der Waals surface area contributed by atoms with Crippen LogP contribution in [0.15, 0.2) is 50.9 Å². The van der Waals surface area contributed by atoms with Gasteiger partial charge in [-0.25, -0.2) is 0 Å². The second-order valence-corrected chi connectivity index (χ2v) is 8.60. The van der Waals surface area contributed by atoms with Crippen molar-refractivity contribution in [1.82, 2.24) is 19.8 Å². The molecule has 0 N–H and O–H groups in total. The first-order valence-electron chi connectivity index (χ1n) is 7.65. The first-order valence-corrected chi connectivity index (χ1v) is 10.3. The largest absolute Gasteiger partial charge is 0.302 e. The van der Waals surface area contributed by atoms with Gasteiger partial charge in [0, 0.05) is 5.56 Å². The average molecular weight is 401 g/mol. The molecule has 0 radical (unpaired) electrons. The van der Waals surface area contributed by atoms with E-state index in [4.69, 9.17) is 0 Å². The monoisotopic (exact) mass is 400 g/mol. The molecule has 4 rings (SSSR count). The van der Waals surface area contributed by atoms with E-state index in [2.05, 4.69) is 15.3 Å². The van der Waals surface area contributed by atoms with E-state index >= 15 is 0 Å². The summed E-state index contributed by atoms with van der Waals surface area (Å²) < 4.78 is 1.87. The Kier molecular flexibility index (Phi) is 4.66. The molecular weight excluding hydrogens is 388 g/mol. The van der Waals surface area contributed by atoms with E-state index in [-0.39, 0.29) is 22.8 Å². The van der Waals surface area contributed by atoms with Gasteiger partial charge in [-0.2, -0.15) is 4.52 Å². The number of thiophene rings is 1. The fourth-order valence-corrected chi connectivity index (χ4v) is 4.80. The van der Waals surface area contributed by atoms with Crippen LogP contribution in [0.4, 0.5) is 0 Å². The zero-order chi connectivity index (χ0) is 18.1. The Labute approximate surface area is 160 Å². The number of carbonyl (C=O) groups excluding carboxylic acids is 1. The Balaban J connectivity index is 1.61. The Morgan fingerprint density at radius 1 is 1.19 bits per heavy atom. The van der Waals surface area contributed by atoms with Crippen LogP contribution in [-0.4, -0.2) is 31.3 Å². The molecule has 3 aromatic heterocycles. The predicted octanol–water partition coefficient (Wildman–Crippen LogP) is 3.56. The van der Waals surface area contributed by atoms with Gasteiger partial charge >= 0.3 is 5.56 Å². The Morgan fingerprint density at radius 2 is 2.00 bits per heavy atom. The fourth-order valence-electron chi connectivity index (χ4n) is 2.28. The van der Waals surface area contributed by atoms with Gasteiger partial charge in [0.1, 0.15) is 0 Å². The lowest BCUT2D eigenvalue weighted by molar-refractivity contribution is 0.102. The summed E-state index contributed by atoms with van der Waals surface area (Å²) in [5, 5.41) is 14.4. The molecule has 6 nitrogen and oxygen atoms in total. The molecule has 0 unspecified atom stereocenters. The highest BCUT2D eigenvalue weighted by molar-refractivity contribution is 8.01. The Morgan fingerprint density at radius 3 is 2.73 bits per heavy atom. The van der Waals surface area contributed by atoms with Crippen LogP contribution in [0.3, 0.4) is 0 Å². The summed E-state index contributed by atoms with van der Waals surface area (Å²) in [6.45, 7) is 1.98. The van der Waals surface area contributed by atoms with Gasteiger partial charge in [-0.1, -0.05) is 59.0 Å². The highest BCUT2D eigenvalue weighted by Crippen LogP contribution is 2.25. The van der Waals surface area contributed by atoms with Crippen molar-refractivity contribution in [2.45, 2.75) is 11.3 Å². The minimum atomic E-state index is -0.313. The van der Waals surface area contributed by atoms with Gasteiger partial charge < -0.3 is 0 Å². The first-order chi connectivity index (χ1) is 12.6. The van der Waals surface area contributed by atoms with Crippen molar-refractivity contribution in [2.75, 3.05) is 5.75 Å². The van der Waals surface area contributed by atoms with Crippen molar-refractivity contribution in [3.63, 3.8) is 0 Å². The fraction of sp³-hybridized carbons (Fsp3) is 0.118. The van der Waals surface area contributed by atoms with Crippen LogP contribution in [0.2, 0.25) is 0 Å². The third-order valence-corrected chi connectivity index (χ3v) is 6.56. The molecule has 130 valence electrons. The molecule has 0 fully saturated rings. The van der Waals surface area contributed by atoms with E-state index in [0.717, 1.165) is 10.4 Å². The van der Waals surface area contributed by atoms with Gasteiger partial charge in [-0.3, -0.25) is 9.59 Å². The number of hydrogen-bond donors (Lipinski definition) is 0. The average Bonchev–Trinajstić information content (AvgIpc) is 3.31. The van der Waals surface area contributed by atoms with Gasteiger partial charge in [-0.15, -0.1) is 26.6 Å². The van der Waals surface area contributed by atoms with E-state index in [1.54, 1.807) is 6.07 Å². The topological polar surface area (TPSA) is 77.2 Å². The summed E-state index contributed by atoms with van der Waals surface area (Å²) in [7, 11) is 0. The molecule has 0 aliphatic rings. The standard InChI is InChI=1S/C17H12N4O2S3/c1-10-4-6-11(7-5-10)14-15(23)21-16(19-18-14)26-17(20-21)25-9-12(22)13-3-2-8-24-13/h2-8H,9H2,1H3. The number of Topliss-reactive ketones (excluding diaryl/α,β-unsaturated/α-hetero) is 1. The highest BCUT2D eigenvalue weighted by atomic mass is 32.2. The molecular formula is C17H12N4O2S3. The number of nitrogens with zero attached hydrogens (tertiary/aromatic N) is 4. The van der Waals surface area contributed by atoms with E-state index in [1.165, 1.54) is 39.0 Å². The summed E-state index contributed by atoms with van der Waals surface area (Å²) >= 11 is 3.97. The lowest BCUT2D eigenvalue weighted by atomic mass is 10.1. The zero-order valence-corrected chi connectivity index (χ0v) is 16.0. The Bertz CT molecular complexity index is 1130. The molecule has 1 aromatic carbocycles. The van der Waals surface area contributed by atoms with Gasteiger partial charge in [0.15, 0.2) is 15.8 Å². The lowest BCUT2D eigenvalue weighted by Gasteiger charge is -1.99. The van der Waals surface area contributed by atoms with Crippen LogP contribution in [0.1, 0.15) is 15.2 Å². The zero-order valence-electron chi connectivity index (χ0n) is 13.6. The van der Waals surface area contributed by atoms with Crippen LogP contribution in [0.25, 0.3) is 16.2 Å². The molecule has 0 spiro atoms. The molecule has 0 bridgehead atoms. The molecule has 0 amide bonds. The summed E-state index contributed by atoms with van der Waals surface area (Å²) in [6, 6.07) is 11.2. The highest BCUT2D eigenvalue weighted by Gasteiger charge is 2.15. The van der Waals surface area contributed by atoms with Crippen molar-refractivity contribution in [3.05, 3.63) is 62.6 Å². The van der Waals surface area contributed by atoms with Crippen molar-refractivity contribution >= 4 is 45.2 Å². The molecule has 0 saturated carbocycles. The van der Waals surface area contributed by atoms with Crippen molar-refractivity contribution in [3.8, 4) is 11.3 Å². The lowest BCUT2D eigenvalue weighted by Crippen LogP contribution is -2.19. The molecule has 9 heteroatoms. The second kappa shape index (κ2) is 7.10. The van der Waals surface area contributed by atoms with E-state index < -0.39 is 0 Å². The van der Waals surface area contributed by atoms with Gasteiger partial charge in [0.25, 0.3) is 0 Å². The molecule has 0 aliphatic carbocycles. The number of aryl methyl sites for hydroxylation is 1. The molecule has 3 heterocycles. The molecule has 0 atom stereocenters. The number of thioether (sulfide) groups is 1. The van der Waals surface area contributed by atoms with Crippen LogP contribution in [0.5, 0.6) is 0 Å². The normalized spacial score (nSPS) is 11.1. The SMILES string of the molecule is Cc1ccc(-c2nnc3sc(SCC(=O)c4cccs4)nn3c2=O)cc1. The van der Waals surface area contributed by atoms with Gasteiger partial charge in [-0.05, 0) is 18.4 Å². The van der Waals surface area contributed by atoms with Crippen LogP contribution in [-0.2, 0) is 0 Å². The van der Waals surface area contributed by atoms with Crippen molar-refractivity contribution < 1.29 is 4.79 Å².